The summed E-state index contributed by atoms with van der Waals surface area (Å²) in [6, 6.07) is 0. The van der Waals surface area contributed by atoms with E-state index in [9.17, 15) is 14.4 Å². The summed E-state index contributed by atoms with van der Waals surface area (Å²) < 4.78 is 10.5. The van der Waals surface area contributed by atoms with E-state index in [4.69, 9.17) is 9.47 Å². The van der Waals surface area contributed by atoms with Crippen LogP contribution < -0.4 is 0 Å². The lowest BCUT2D eigenvalue weighted by Gasteiger charge is -2.42. The Morgan fingerprint density at radius 3 is 2.00 bits per heavy atom. The van der Waals surface area contributed by atoms with Crippen molar-refractivity contribution in [1.29, 1.82) is 0 Å². The van der Waals surface area contributed by atoms with Gasteiger partial charge in [0, 0.05) is 18.8 Å². The van der Waals surface area contributed by atoms with Crippen molar-refractivity contribution in [2.75, 3.05) is 0 Å². The first-order valence-corrected chi connectivity index (χ1v) is 6.31. The average Bonchev–Trinajstić information content (AvgIpc) is 2.22. The number of ketones is 1. The fraction of sp³-hybridized carbons (Fsp3) is 0.786. The summed E-state index contributed by atoms with van der Waals surface area (Å²) in [6.45, 7) is 10.5. The van der Waals surface area contributed by atoms with E-state index in [-0.39, 0.29) is 12.2 Å². The predicted molar refractivity (Wildman–Crippen MR) is 70.5 cm³/mol. The van der Waals surface area contributed by atoms with Gasteiger partial charge in [-0.2, -0.15) is 0 Å². The second-order valence-corrected chi connectivity index (χ2v) is 6.08. The summed E-state index contributed by atoms with van der Waals surface area (Å²) in [4.78, 5) is 33.1. The highest BCUT2D eigenvalue weighted by Gasteiger charge is 2.45. The lowest BCUT2D eigenvalue weighted by molar-refractivity contribution is -0.189. The van der Waals surface area contributed by atoms with Crippen LogP contribution in [0.5, 0.6) is 0 Å². The molecule has 0 bridgehead atoms. The van der Waals surface area contributed by atoms with Crippen LogP contribution in [0.4, 0.5) is 0 Å². The van der Waals surface area contributed by atoms with Gasteiger partial charge in [0.25, 0.3) is 6.47 Å². The fourth-order valence-electron chi connectivity index (χ4n) is 2.17. The van der Waals surface area contributed by atoms with Gasteiger partial charge in [-0.05, 0) is 20.3 Å². The van der Waals surface area contributed by atoms with Crippen LogP contribution in [-0.4, -0.2) is 29.9 Å². The maximum atomic E-state index is 11.3. The molecule has 0 fully saturated rings. The summed E-state index contributed by atoms with van der Waals surface area (Å²) in [5, 5.41) is 0. The van der Waals surface area contributed by atoms with E-state index in [1.807, 2.05) is 20.8 Å². The number of hydrogen-bond acceptors (Lipinski definition) is 5. The molecule has 0 aromatic carbocycles. The molecule has 110 valence electrons. The minimum Gasteiger partial charge on any atom is -0.458 e. The van der Waals surface area contributed by atoms with E-state index in [0.29, 0.717) is 12.9 Å². The lowest BCUT2D eigenvalue weighted by Crippen LogP contribution is -2.51. The van der Waals surface area contributed by atoms with Gasteiger partial charge in [0.1, 0.15) is 17.5 Å². The quantitative estimate of drug-likeness (QED) is 0.525. The van der Waals surface area contributed by atoms with Gasteiger partial charge in [0.2, 0.25) is 0 Å². The molecule has 0 N–H and O–H groups in total. The summed E-state index contributed by atoms with van der Waals surface area (Å²) in [5.74, 6) is -0.445. The van der Waals surface area contributed by atoms with E-state index in [2.05, 4.69) is 0 Å². The number of hydrogen-bond donors (Lipinski definition) is 0. The van der Waals surface area contributed by atoms with Gasteiger partial charge in [-0.3, -0.25) is 9.59 Å². The zero-order valence-corrected chi connectivity index (χ0v) is 12.6. The van der Waals surface area contributed by atoms with E-state index < -0.39 is 23.1 Å². The van der Waals surface area contributed by atoms with Crippen molar-refractivity contribution < 1.29 is 23.9 Å². The predicted octanol–water partition coefficient (Wildman–Crippen LogP) is 2.27. The molecule has 0 amide bonds. The van der Waals surface area contributed by atoms with Crippen LogP contribution in [0, 0.1) is 5.41 Å². The largest absolute Gasteiger partial charge is 0.458 e. The third kappa shape index (κ3) is 5.85. The van der Waals surface area contributed by atoms with Gasteiger partial charge in [0.05, 0.1) is 0 Å². The third-order valence-corrected chi connectivity index (χ3v) is 2.92. The third-order valence-electron chi connectivity index (χ3n) is 2.92. The SMILES string of the molecule is CC(=O)CC[C@](C)(OC=O)[C@H](OC(C)=O)C(C)(C)C. The Labute approximate surface area is 114 Å². The normalized spacial score (nSPS) is 16.1. The van der Waals surface area contributed by atoms with Crippen LogP contribution in [0.15, 0.2) is 0 Å². The Bertz CT molecular complexity index is 342. The molecule has 0 saturated carbocycles. The molecule has 0 heterocycles. The molecule has 0 radical (unpaired) electrons. The van der Waals surface area contributed by atoms with Crippen LogP contribution in [0.2, 0.25) is 0 Å². The molecule has 0 unspecified atom stereocenters. The molecular weight excluding hydrogens is 248 g/mol. The maximum Gasteiger partial charge on any atom is 0.303 e. The van der Waals surface area contributed by atoms with Gasteiger partial charge in [-0.1, -0.05) is 20.8 Å². The smallest absolute Gasteiger partial charge is 0.303 e. The van der Waals surface area contributed by atoms with Crippen molar-refractivity contribution in [3.63, 3.8) is 0 Å². The topological polar surface area (TPSA) is 69.7 Å². The number of esters is 1. The lowest BCUT2D eigenvalue weighted by atomic mass is 9.76. The highest BCUT2D eigenvalue weighted by atomic mass is 16.6. The van der Waals surface area contributed by atoms with Crippen LogP contribution in [0.1, 0.15) is 54.4 Å². The van der Waals surface area contributed by atoms with E-state index in [1.165, 1.54) is 13.8 Å². The molecule has 19 heavy (non-hydrogen) atoms. The van der Waals surface area contributed by atoms with Crippen molar-refractivity contribution in [3.8, 4) is 0 Å². The summed E-state index contributed by atoms with van der Waals surface area (Å²) >= 11 is 0. The first-order valence-electron chi connectivity index (χ1n) is 6.31. The molecule has 5 heteroatoms. The van der Waals surface area contributed by atoms with Gasteiger partial charge in [0.15, 0.2) is 0 Å². The Morgan fingerprint density at radius 2 is 1.68 bits per heavy atom. The molecule has 2 atom stereocenters. The fourth-order valence-corrected chi connectivity index (χ4v) is 2.17. The van der Waals surface area contributed by atoms with Gasteiger partial charge in [-0.15, -0.1) is 0 Å². The van der Waals surface area contributed by atoms with E-state index >= 15 is 0 Å². The minimum atomic E-state index is -1.02. The molecular formula is C14H24O5. The molecule has 0 rings (SSSR count). The molecule has 0 aliphatic heterocycles. The van der Waals surface area contributed by atoms with Crippen molar-refractivity contribution in [2.45, 2.75) is 66.1 Å². The Balaban J connectivity index is 5.29. The summed E-state index contributed by atoms with van der Waals surface area (Å²) in [5.41, 5.74) is -1.43. The Hall–Kier alpha value is -1.39. The van der Waals surface area contributed by atoms with Crippen LogP contribution in [0.25, 0.3) is 0 Å². The number of ether oxygens (including phenoxy) is 2. The number of carbonyl (C=O) groups is 3. The summed E-state index contributed by atoms with van der Waals surface area (Å²) in [7, 11) is 0. The van der Waals surface area contributed by atoms with Crippen LogP contribution in [-0.2, 0) is 23.9 Å². The number of carbonyl (C=O) groups excluding carboxylic acids is 3. The molecule has 0 aromatic rings. The van der Waals surface area contributed by atoms with Crippen molar-refractivity contribution in [3.05, 3.63) is 0 Å². The molecule has 0 spiro atoms. The maximum absolute atomic E-state index is 11.3. The Morgan fingerprint density at radius 1 is 1.16 bits per heavy atom. The Kier molecular flexibility index (Phi) is 6.19. The zero-order chi connectivity index (χ0) is 15.3. The van der Waals surface area contributed by atoms with Gasteiger partial charge >= 0.3 is 5.97 Å². The first kappa shape index (κ1) is 17.6. The van der Waals surface area contributed by atoms with Crippen LogP contribution in [0.3, 0.4) is 0 Å². The average molecular weight is 272 g/mol. The van der Waals surface area contributed by atoms with E-state index in [0.717, 1.165) is 0 Å². The zero-order valence-electron chi connectivity index (χ0n) is 12.6. The molecule has 0 saturated heterocycles. The number of Topliss-reactive ketones (excluding diaryl/α,β-unsaturated/α-hetero) is 1. The second kappa shape index (κ2) is 6.68. The summed E-state index contributed by atoms with van der Waals surface area (Å²) in [6.07, 6.45) is -0.0452. The monoisotopic (exact) mass is 272 g/mol. The highest BCUT2D eigenvalue weighted by molar-refractivity contribution is 5.75. The van der Waals surface area contributed by atoms with Gasteiger partial charge < -0.3 is 14.3 Å². The highest BCUT2D eigenvalue weighted by Crippen LogP contribution is 2.36. The van der Waals surface area contributed by atoms with Crippen molar-refractivity contribution in [1.82, 2.24) is 0 Å². The van der Waals surface area contributed by atoms with Crippen LogP contribution >= 0.6 is 0 Å². The standard InChI is InChI=1S/C14H24O5/c1-10(16)7-8-14(6,18-9-15)12(13(3,4)5)19-11(2)17/h9,12H,7-8H2,1-6H3/t12-,14+/m1/s1. The van der Waals surface area contributed by atoms with Gasteiger partial charge in [-0.25, -0.2) is 0 Å². The molecule has 0 aliphatic rings. The molecule has 0 aliphatic carbocycles. The van der Waals surface area contributed by atoms with Crippen molar-refractivity contribution >= 4 is 18.2 Å². The minimum absolute atomic E-state index is 0.00351. The van der Waals surface area contributed by atoms with E-state index in [1.54, 1.807) is 6.92 Å². The second-order valence-electron chi connectivity index (χ2n) is 6.08. The number of rotatable bonds is 7. The molecule has 0 aromatic heterocycles. The first-order chi connectivity index (χ1) is 8.53. The molecule has 5 nitrogen and oxygen atoms in total. The van der Waals surface area contributed by atoms with Crippen molar-refractivity contribution in [2.24, 2.45) is 5.41 Å².